The van der Waals surface area contributed by atoms with Gasteiger partial charge in [-0.1, -0.05) is 36.9 Å². The molecule has 0 aliphatic carbocycles. The lowest BCUT2D eigenvalue weighted by Gasteiger charge is -2.29. The van der Waals surface area contributed by atoms with Crippen LogP contribution in [0.2, 0.25) is 0 Å². The van der Waals surface area contributed by atoms with Crippen molar-refractivity contribution in [3.8, 4) is 23.2 Å². The van der Waals surface area contributed by atoms with Gasteiger partial charge in [-0.25, -0.2) is 4.98 Å². The average molecular weight is 497 g/mol. The van der Waals surface area contributed by atoms with Crippen LogP contribution < -0.4 is 20.3 Å². The molecule has 2 aromatic carbocycles. The van der Waals surface area contributed by atoms with Crippen LogP contribution in [0.15, 0.2) is 54.6 Å². The molecular formula is C30H32N4O3. The zero-order valence-corrected chi connectivity index (χ0v) is 21.2. The Morgan fingerprint density at radius 2 is 1.92 bits per heavy atom. The van der Waals surface area contributed by atoms with E-state index in [9.17, 15) is 5.26 Å². The molecule has 2 fully saturated rings. The van der Waals surface area contributed by atoms with Gasteiger partial charge in [0.15, 0.2) is 0 Å². The third-order valence-electron chi connectivity index (χ3n) is 6.74. The number of rotatable bonds is 6. The van der Waals surface area contributed by atoms with Gasteiger partial charge in [-0.3, -0.25) is 0 Å². The van der Waals surface area contributed by atoms with E-state index in [1.807, 2.05) is 37.3 Å². The van der Waals surface area contributed by atoms with Crippen LogP contribution in [0, 0.1) is 11.3 Å². The summed E-state index contributed by atoms with van der Waals surface area (Å²) in [4.78, 5) is 10.7. The summed E-state index contributed by atoms with van der Waals surface area (Å²) in [5, 5.41) is 11.3. The first-order valence-electron chi connectivity index (χ1n) is 12.8. The number of allylic oxidation sites excluding steroid dienone is 2. The number of H-pyrrole nitrogens is 1. The molecule has 3 aromatic rings. The molecule has 1 aromatic heterocycles. The summed E-state index contributed by atoms with van der Waals surface area (Å²) < 4.78 is 17.1. The number of anilines is 1. The maximum absolute atomic E-state index is 9.87. The van der Waals surface area contributed by atoms with E-state index in [0.717, 1.165) is 78.1 Å². The van der Waals surface area contributed by atoms with E-state index in [2.05, 4.69) is 46.8 Å². The van der Waals surface area contributed by atoms with Gasteiger partial charge in [0, 0.05) is 42.8 Å². The molecular weight excluding hydrogens is 464 g/mol. The molecule has 7 nitrogen and oxygen atoms in total. The highest BCUT2D eigenvalue weighted by molar-refractivity contribution is 5.75. The van der Waals surface area contributed by atoms with Gasteiger partial charge in [-0.05, 0) is 36.8 Å². The second-order valence-electron chi connectivity index (χ2n) is 9.23. The number of ether oxygens (including phenoxy) is 3. The van der Waals surface area contributed by atoms with Gasteiger partial charge in [-0.2, -0.15) is 5.26 Å². The highest BCUT2D eigenvalue weighted by Gasteiger charge is 2.18. The fourth-order valence-corrected chi connectivity index (χ4v) is 4.78. The molecule has 2 aliphatic heterocycles. The van der Waals surface area contributed by atoms with Crippen molar-refractivity contribution in [1.82, 2.24) is 9.97 Å². The molecule has 0 saturated carbocycles. The zero-order chi connectivity index (χ0) is 25.6. The van der Waals surface area contributed by atoms with Gasteiger partial charge in [0.2, 0.25) is 0 Å². The molecule has 0 amide bonds. The Morgan fingerprint density at radius 3 is 2.68 bits per heavy atom. The summed E-state index contributed by atoms with van der Waals surface area (Å²) >= 11 is 0. The number of aromatic amines is 1. The fraction of sp³-hybridized carbons (Fsp3) is 0.333. The average Bonchev–Trinajstić information content (AvgIpc) is 3.34. The molecule has 0 bridgehead atoms. The van der Waals surface area contributed by atoms with Crippen molar-refractivity contribution in [2.75, 3.05) is 44.4 Å². The zero-order valence-electron chi connectivity index (χ0n) is 21.2. The molecule has 190 valence electrons. The van der Waals surface area contributed by atoms with Crippen molar-refractivity contribution in [2.24, 2.45) is 0 Å². The molecule has 2 saturated heterocycles. The van der Waals surface area contributed by atoms with Crippen molar-refractivity contribution in [2.45, 2.75) is 25.9 Å². The number of nitriles is 1. The van der Waals surface area contributed by atoms with Crippen LogP contribution in [0.5, 0.6) is 5.75 Å². The number of benzene rings is 2. The van der Waals surface area contributed by atoms with Crippen LogP contribution in [0.25, 0.3) is 23.5 Å². The highest BCUT2D eigenvalue weighted by atomic mass is 16.5. The lowest BCUT2D eigenvalue weighted by Crippen LogP contribution is -2.36. The van der Waals surface area contributed by atoms with Crippen LogP contribution in [0.4, 0.5) is 5.69 Å². The molecule has 0 radical (unpaired) electrons. The predicted octanol–water partition coefficient (Wildman–Crippen LogP) is 3.53. The largest absolute Gasteiger partial charge is 0.489 e. The standard InChI is InChI=1S/C30H32N4O3/c1-3-5-27(22-8-9-28(24(18-22)20-31)37-26-10-14-35-15-11-26)29-21(2)32-30(33-29)23-6-4-7-25(19-23)34-12-16-36-17-13-34/h3-9,18-19,26H,2,10-17H2,1H3,(H,32,33)/b5-3-,29-27-. The van der Waals surface area contributed by atoms with Gasteiger partial charge >= 0.3 is 0 Å². The fourth-order valence-electron chi connectivity index (χ4n) is 4.78. The molecule has 0 atom stereocenters. The van der Waals surface area contributed by atoms with Crippen LogP contribution in [0.1, 0.15) is 30.9 Å². The van der Waals surface area contributed by atoms with E-state index < -0.39 is 0 Å². The Hall–Kier alpha value is -3.86. The normalized spacial score (nSPS) is 17.6. The van der Waals surface area contributed by atoms with Crippen molar-refractivity contribution < 1.29 is 14.2 Å². The van der Waals surface area contributed by atoms with Gasteiger partial charge in [0.05, 0.1) is 42.7 Å². The van der Waals surface area contributed by atoms with Crippen molar-refractivity contribution in [3.63, 3.8) is 0 Å². The molecule has 5 rings (SSSR count). The summed E-state index contributed by atoms with van der Waals surface area (Å²) in [6, 6.07) is 16.4. The Bertz CT molecular complexity index is 1420. The maximum Gasteiger partial charge on any atom is 0.138 e. The monoisotopic (exact) mass is 496 g/mol. The maximum atomic E-state index is 9.87. The third-order valence-corrected chi connectivity index (χ3v) is 6.74. The molecule has 0 spiro atoms. The van der Waals surface area contributed by atoms with E-state index in [1.54, 1.807) is 0 Å². The van der Waals surface area contributed by atoms with Crippen molar-refractivity contribution in [1.29, 1.82) is 5.26 Å². The van der Waals surface area contributed by atoms with E-state index in [4.69, 9.17) is 19.2 Å². The summed E-state index contributed by atoms with van der Waals surface area (Å²) in [6.45, 7) is 10.8. The van der Waals surface area contributed by atoms with E-state index in [1.165, 1.54) is 0 Å². The first kappa shape index (κ1) is 24.8. The van der Waals surface area contributed by atoms with Gasteiger partial charge < -0.3 is 24.1 Å². The van der Waals surface area contributed by atoms with Crippen molar-refractivity contribution in [3.05, 3.63) is 76.4 Å². The Balaban J connectivity index is 1.51. The van der Waals surface area contributed by atoms with Crippen LogP contribution >= 0.6 is 0 Å². The second-order valence-corrected chi connectivity index (χ2v) is 9.23. The number of nitrogens with zero attached hydrogens (tertiary/aromatic N) is 3. The third kappa shape index (κ3) is 5.61. The minimum Gasteiger partial charge on any atom is -0.489 e. The molecule has 3 heterocycles. The molecule has 7 heteroatoms. The lowest BCUT2D eigenvalue weighted by atomic mass is 10.0. The number of imidazole rings is 1. The summed E-state index contributed by atoms with van der Waals surface area (Å²) in [6.07, 6.45) is 5.71. The summed E-state index contributed by atoms with van der Waals surface area (Å²) in [7, 11) is 0. The number of morpholine rings is 1. The quantitative estimate of drug-likeness (QED) is 0.562. The predicted molar refractivity (Wildman–Crippen MR) is 145 cm³/mol. The second kappa shape index (κ2) is 11.5. The van der Waals surface area contributed by atoms with Crippen LogP contribution in [-0.2, 0) is 9.47 Å². The van der Waals surface area contributed by atoms with Gasteiger partial charge in [0.1, 0.15) is 23.7 Å². The summed E-state index contributed by atoms with van der Waals surface area (Å²) in [5.41, 5.74) is 4.44. The Labute approximate surface area is 217 Å². The topological polar surface area (TPSA) is 83.4 Å². The minimum absolute atomic E-state index is 0.0688. The first-order chi connectivity index (χ1) is 18.2. The van der Waals surface area contributed by atoms with Gasteiger partial charge in [0.25, 0.3) is 0 Å². The van der Waals surface area contributed by atoms with E-state index in [-0.39, 0.29) is 6.10 Å². The first-order valence-corrected chi connectivity index (χ1v) is 12.8. The SMILES string of the molecule is C=c1[nH]c(-c2cccc(N3CCOCC3)c2)n/c1=C(/C=C\C)c1ccc(OC2CCOCC2)c(C#N)c1. The minimum atomic E-state index is 0.0688. The Kier molecular flexibility index (Phi) is 7.69. The number of nitrogens with one attached hydrogen (secondary N) is 1. The highest BCUT2D eigenvalue weighted by Crippen LogP contribution is 2.27. The van der Waals surface area contributed by atoms with E-state index >= 15 is 0 Å². The number of hydrogen-bond acceptors (Lipinski definition) is 6. The molecule has 2 aliphatic rings. The van der Waals surface area contributed by atoms with Crippen LogP contribution in [-0.4, -0.2) is 55.6 Å². The molecule has 1 N–H and O–H groups in total. The van der Waals surface area contributed by atoms with Crippen LogP contribution in [0.3, 0.4) is 0 Å². The van der Waals surface area contributed by atoms with Crippen molar-refractivity contribution >= 4 is 17.8 Å². The smallest absolute Gasteiger partial charge is 0.138 e. The number of hydrogen-bond donors (Lipinski definition) is 1. The van der Waals surface area contributed by atoms with Gasteiger partial charge in [-0.15, -0.1) is 0 Å². The Morgan fingerprint density at radius 1 is 1.14 bits per heavy atom. The summed E-state index contributed by atoms with van der Waals surface area (Å²) in [5.74, 6) is 1.37. The lowest BCUT2D eigenvalue weighted by molar-refractivity contribution is 0.0254. The van der Waals surface area contributed by atoms with E-state index in [0.29, 0.717) is 24.5 Å². The molecule has 0 unspecified atom stereocenters. The molecule has 37 heavy (non-hydrogen) atoms. The number of aromatic nitrogens is 2.